The molecule has 5 rings (SSSR count). The molecule has 0 unspecified atom stereocenters. The van der Waals surface area contributed by atoms with E-state index in [9.17, 15) is 14.7 Å². The van der Waals surface area contributed by atoms with Crippen LogP contribution in [0.4, 0.5) is 0 Å². The van der Waals surface area contributed by atoms with Gasteiger partial charge in [0.1, 0.15) is 6.54 Å². The molecule has 0 radical (unpaired) electrons. The summed E-state index contributed by atoms with van der Waals surface area (Å²) < 4.78 is 0. The van der Waals surface area contributed by atoms with E-state index in [1.165, 1.54) is 0 Å². The van der Waals surface area contributed by atoms with Crippen molar-refractivity contribution in [3.8, 4) is 11.1 Å². The van der Waals surface area contributed by atoms with Gasteiger partial charge in [-0.25, -0.2) is 0 Å². The quantitative estimate of drug-likeness (QED) is 0.714. The minimum atomic E-state index is -0.252. The first-order valence-electron chi connectivity index (χ1n) is 10.4. The average Bonchev–Trinajstić information content (AvgIpc) is 2.81. The second-order valence-corrected chi connectivity index (χ2v) is 8.05. The summed E-state index contributed by atoms with van der Waals surface area (Å²) in [5.74, 6) is -0.289. The van der Waals surface area contributed by atoms with E-state index in [0.29, 0.717) is 12.1 Å². The van der Waals surface area contributed by atoms with Crippen molar-refractivity contribution >= 4 is 11.8 Å². The van der Waals surface area contributed by atoms with Gasteiger partial charge in [0.2, 0.25) is 5.91 Å². The molecule has 1 aromatic heterocycles. The van der Waals surface area contributed by atoms with Gasteiger partial charge in [0.25, 0.3) is 5.91 Å². The summed E-state index contributed by atoms with van der Waals surface area (Å²) in [6, 6.07) is 21.4. The third-order valence-corrected chi connectivity index (χ3v) is 6.37. The third kappa shape index (κ3) is 3.39. The SMILES string of the molecule is O=C(c1ccncc1)N1CC(=O)N2[C@H](C1)[C@@H](c1ccc(-c3ccccc3)cc1)[C@@H]2CO. The van der Waals surface area contributed by atoms with Crippen LogP contribution in [-0.2, 0) is 4.79 Å². The van der Waals surface area contributed by atoms with Crippen molar-refractivity contribution in [3.05, 3.63) is 90.3 Å². The molecule has 1 N–H and O–H groups in total. The molecule has 0 bridgehead atoms. The molecule has 2 aromatic carbocycles. The molecule has 6 nitrogen and oxygen atoms in total. The van der Waals surface area contributed by atoms with Crippen LogP contribution in [0.3, 0.4) is 0 Å². The number of benzene rings is 2. The van der Waals surface area contributed by atoms with Crippen LogP contribution in [0.1, 0.15) is 21.8 Å². The lowest BCUT2D eigenvalue weighted by Crippen LogP contribution is -2.73. The number of pyridine rings is 1. The van der Waals surface area contributed by atoms with Crippen molar-refractivity contribution in [2.45, 2.75) is 18.0 Å². The average molecular weight is 413 g/mol. The lowest BCUT2D eigenvalue weighted by atomic mass is 9.73. The van der Waals surface area contributed by atoms with E-state index in [4.69, 9.17) is 0 Å². The summed E-state index contributed by atoms with van der Waals surface area (Å²) in [5, 5.41) is 9.98. The van der Waals surface area contributed by atoms with Gasteiger partial charge < -0.3 is 14.9 Å². The highest BCUT2D eigenvalue weighted by Crippen LogP contribution is 2.43. The molecular formula is C25H23N3O3. The van der Waals surface area contributed by atoms with Crippen molar-refractivity contribution in [3.63, 3.8) is 0 Å². The zero-order valence-corrected chi connectivity index (χ0v) is 17.0. The summed E-state index contributed by atoms with van der Waals surface area (Å²) >= 11 is 0. The monoisotopic (exact) mass is 413 g/mol. The number of hydrogen-bond acceptors (Lipinski definition) is 4. The molecule has 0 saturated carbocycles. The van der Waals surface area contributed by atoms with Crippen LogP contribution in [0.5, 0.6) is 0 Å². The maximum atomic E-state index is 12.9. The van der Waals surface area contributed by atoms with Gasteiger partial charge in [-0.2, -0.15) is 0 Å². The molecule has 3 aromatic rings. The molecule has 0 spiro atoms. The van der Waals surface area contributed by atoms with Gasteiger partial charge in [-0.1, -0.05) is 54.6 Å². The third-order valence-electron chi connectivity index (χ3n) is 6.37. The number of nitrogens with zero attached hydrogens (tertiary/aromatic N) is 3. The maximum Gasteiger partial charge on any atom is 0.254 e. The van der Waals surface area contributed by atoms with Crippen molar-refractivity contribution in [1.82, 2.24) is 14.8 Å². The van der Waals surface area contributed by atoms with E-state index in [0.717, 1.165) is 16.7 Å². The number of piperazine rings is 1. The van der Waals surface area contributed by atoms with Crippen molar-refractivity contribution in [1.29, 1.82) is 0 Å². The van der Waals surface area contributed by atoms with E-state index in [2.05, 4.69) is 41.4 Å². The molecule has 6 heteroatoms. The smallest absolute Gasteiger partial charge is 0.254 e. The topological polar surface area (TPSA) is 73.7 Å². The Kier molecular flexibility index (Phi) is 5.00. The summed E-state index contributed by atoms with van der Waals surface area (Å²) in [7, 11) is 0. The molecule has 2 saturated heterocycles. The highest BCUT2D eigenvalue weighted by atomic mass is 16.3. The van der Waals surface area contributed by atoms with Gasteiger partial charge in [-0.05, 0) is 28.8 Å². The zero-order valence-electron chi connectivity index (χ0n) is 17.0. The maximum absolute atomic E-state index is 12.9. The van der Waals surface area contributed by atoms with Crippen molar-refractivity contribution in [2.24, 2.45) is 0 Å². The predicted octanol–water partition coefficient (Wildman–Crippen LogP) is 2.56. The number of aromatic nitrogens is 1. The number of rotatable bonds is 4. The molecule has 31 heavy (non-hydrogen) atoms. The number of aliphatic hydroxyl groups excluding tert-OH is 1. The van der Waals surface area contributed by atoms with E-state index in [1.54, 1.807) is 34.3 Å². The number of amides is 2. The summed E-state index contributed by atoms with van der Waals surface area (Å²) in [6.07, 6.45) is 3.15. The standard InChI is InChI=1S/C25H23N3O3/c29-16-22-24(19-8-6-18(7-9-19)17-4-2-1-3-5-17)21-14-27(15-23(30)28(21)22)25(31)20-10-12-26-13-11-20/h1-13,21-22,24,29H,14-16H2/t21-,22+,24-/m1/s1. The fraction of sp³-hybridized carbons (Fsp3) is 0.240. The number of fused-ring (bicyclic) bond motifs is 1. The second kappa shape index (κ2) is 7.96. The molecule has 2 fully saturated rings. The van der Waals surface area contributed by atoms with Gasteiger partial charge in [0.15, 0.2) is 0 Å². The molecule has 3 atom stereocenters. The molecule has 2 amide bonds. The van der Waals surface area contributed by atoms with Gasteiger partial charge in [-0.15, -0.1) is 0 Å². The van der Waals surface area contributed by atoms with Crippen molar-refractivity contribution < 1.29 is 14.7 Å². The lowest BCUT2D eigenvalue weighted by Gasteiger charge is -2.58. The van der Waals surface area contributed by atoms with Crippen LogP contribution in [-0.4, -0.2) is 63.5 Å². The van der Waals surface area contributed by atoms with E-state index >= 15 is 0 Å². The number of carbonyl (C=O) groups is 2. The van der Waals surface area contributed by atoms with Crippen LogP contribution >= 0.6 is 0 Å². The van der Waals surface area contributed by atoms with Gasteiger partial charge in [-0.3, -0.25) is 14.6 Å². The zero-order chi connectivity index (χ0) is 21.4. The van der Waals surface area contributed by atoms with E-state index < -0.39 is 0 Å². The van der Waals surface area contributed by atoms with Crippen LogP contribution in [0, 0.1) is 0 Å². The fourth-order valence-electron chi connectivity index (χ4n) is 4.86. The Labute approximate surface area is 180 Å². The van der Waals surface area contributed by atoms with Crippen LogP contribution in [0.15, 0.2) is 79.1 Å². The van der Waals surface area contributed by atoms with Crippen LogP contribution in [0.2, 0.25) is 0 Å². The predicted molar refractivity (Wildman–Crippen MR) is 116 cm³/mol. The Hall–Kier alpha value is -3.51. The molecule has 0 aliphatic carbocycles. The van der Waals surface area contributed by atoms with Crippen LogP contribution in [0.25, 0.3) is 11.1 Å². The Morgan fingerprint density at radius 1 is 0.968 bits per heavy atom. The van der Waals surface area contributed by atoms with E-state index in [-0.39, 0.29) is 43.0 Å². The van der Waals surface area contributed by atoms with Gasteiger partial charge >= 0.3 is 0 Å². The van der Waals surface area contributed by atoms with Crippen LogP contribution < -0.4 is 0 Å². The minimum Gasteiger partial charge on any atom is -0.394 e. The van der Waals surface area contributed by atoms with E-state index in [1.807, 2.05) is 18.2 Å². The summed E-state index contributed by atoms with van der Waals surface area (Å²) in [4.78, 5) is 33.0. The Morgan fingerprint density at radius 3 is 2.32 bits per heavy atom. The fourth-order valence-corrected chi connectivity index (χ4v) is 4.86. The highest BCUT2D eigenvalue weighted by Gasteiger charge is 2.54. The molecule has 3 heterocycles. The number of aliphatic hydroxyl groups is 1. The van der Waals surface area contributed by atoms with Gasteiger partial charge in [0, 0.05) is 30.4 Å². The summed E-state index contributed by atoms with van der Waals surface area (Å²) in [6.45, 7) is 0.397. The first kappa shape index (κ1) is 19.5. The minimum absolute atomic E-state index is 0.00758. The summed E-state index contributed by atoms with van der Waals surface area (Å²) in [5.41, 5.74) is 3.87. The molecule has 2 aliphatic rings. The number of hydrogen-bond donors (Lipinski definition) is 1. The Balaban J connectivity index is 1.39. The Morgan fingerprint density at radius 2 is 1.65 bits per heavy atom. The lowest BCUT2D eigenvalue weighted by molar-refractivity contribution is -0.159. The number of carbonyl (C=O) groups excluding carboxylic acids is 2. The molecule has 2 aliphatic heterocycles. The normalized spacial score (nSPS) is 22.6. The first-order valence-corrected chi connectivity index (χ1v) is 10.4. The molecule has 156 valence electrons. The van der Waals surface area contributed by atoms with Gasteiger partial charge in [0.05, 0.1) is 18.7 Å². The highest BCUT2D eigenvalue weighted by molar-refractivity contribution is 5.97. The molecular weight excluding hydrogens is 390 g/mol. The second-order valence-electron chi connectivity index (χ2n) is 8.05. The Bertz CT molecular complexity index is 1090. The largest absolute Gasteiger partial charge is 0.394 e. The first-order chi connectivity index (χ1) is 15.2. The van der Waals surface area contributed by atoms with Crippen molar-refractivity contribution in [2.75, 3.05) is 19.7 Å².